The topological polar surface area (TPSA) is 61.0 Å². The molecule has 1 aromatic carbocycles. The molecule has 112 valence electrons. The second-order valence-corrected chi connectivity index (χ2v) is 4.94. The molecule has 0 radical (unpaired) electrons. The number of nitrogens with zero attached hydrogens (tertiary/aromatic N) is 2. The number of hydrogen-bond donors (Lipinski definition) is 2. The molecule has 5 heteroatoms. The second-order valence-electron chi connectivity index (χ2n) is 4.94. The van der Waals surface area contributed by atoms with Gasteiger partial charge in [0.1, 0.15) is 0 Å². The molecule has 0 fully saturated rings. The Morgan fingerprint density at radius 3 is 2.71 bits per heavy atom. The quantitative estimate of drug-likeness (QED) is 0.858. The zero-order valence-electron chi connectivity index (χ0n) is 12.8. The summed E-state index contributed by atoms with van der Waals surface area (Å²) in [7, 11) is 0. The van der Waals surface area contributed by atoms with Gasteiger partial charge in [-0.2, -0.15) is 5.10 Å². The molecule has 2 aromatic rings. The first-order chi connectivity index (χ1) is 10.2. The molecule has 0 spiro atoms. The van der Waals surface area contributed by atoms with Crippen LogP contribution in [0.1, 0.15) is 42.9 Å². The maximum absolute atomic E-state index is 12.4. The average molecular weight is 286 g/mol. The van der Waals surface area contributed by atoms with Crippen LogP contribution in [-0.2, 0) is 0 Å². The molecule has 1 heterocycles. The summed E-state index contributed by atoms with van der Waals surface area (Å²) < 4.78 is 0. The van der Waals surface area contributed by atoms with Gasteiger partial charge in [-0.15, -0.1) is 0 Å². The summed E-state index contributed by atoms with van der Waals surface area (Å²) in [5.74, 6) is 0.0674. The lowest BCUT2D eigenvalue weighted by molar-refractivity contribution is 0.0773. The molecule has 5 nitrogen and oxygen atoms in total. The fraction of sp³-hybridized carbons (Fsp3) is 0.375. The molecule has 0 aliphatic carbocycles. The molecular formula is C16H22N4O. The van der Waals surface area contributed by atoms with E-state index in [0.717, 1.165) is 24.5 Å². The number of amides is 1. The van der Waals surface area contributed by atoms with Crippen LogP contribution in [0.5, 0.6) is 0 Å². The number of hydrogen-bond acceptors (Lipinski definition) is 3. The number of aromatic nitrogens is 2. The van der Waals surface area contributed by atoms with Gasteiger partial charge in [-0.05, 0) is 45.0 Å². The van der Waals surface area contributed by atoms with E-state index in [2.05, 4.69) is 15.5 Å². The molecule has 2 N–H and O–H groups in total. The summed E-state index contributed by atoms with van der Waals surface area (Å²) >= 11 is 0. The number of carbonyl (C=O) groups is 1. The van der Waals surface area contributed by atoms with E-state index in [4.69, 9.17) is 0 Å². The molecule has 0 saturated carbocycles. The third kappa shape index (κ3) is 3.62. The fourth-order valence-electron chi connectivity index (χ4n) is 2.27. The van der Waals surface area contributed by atoms with E-state index in [1.807, 2.05) is 56.0 Å². The normalized spacial score (nSPS) is 12.0. The standard InChI is InChI=1S/C16H22N4O/c1-4-20(5-2)16(21)13-7-6-8-14(11-13)18-12(3)15-9-10-17-19-15/h6-12,18H,4-5H2,1-3H3,(H,17,19). The molecular weight excluding hydrogens is 264 g/mol. The van der Waals surface area contributed by atoms with E-state index in [1.165, 1.54) is 0 Å². The van der Waals surface area contributed by atoms with Gasteiger partial charge in [0.25, 0.3) is 5.91 Å². The number of H-pyrrole nitrogens is 1. The number of rotatable bonds is 6. The minimum atomic E-state index is 0.0674. The molecule has 0 aliphatic heterocycles. The van der Waals surface area contributed by atoms with E-state index in [1.54, 1.807) is 6.20 Å². The van der Waals surface area contributed by atoms with E-state index < -0.39 is 0 Å². The van der Waals surface area contributed by atoms with E-state index in [9.17, 15) is 4.79 Å². The molecule has 0 bridgehead atoms. The zero-order valence-corrected chi connectivity index (χ0v) is 12.8. The highest BCUT2D eigenvalue weighted by Gasteiger charge is 2.13. The van der Waals surface area contributed by atoms with Crippen molar-refractivity contribution in [1.82, 2.24) is 15.1 Å². The molecule has 1 unspecified atom stereocenters. The Morgan fingerprint density at radius 1 is 1.33 bits per heavy atom. The van der Waals surface area contributed by atoms with Crippen molar-refractivity contribution in [3.05, 3.63) is 47.8 Å². The highest BCUT2D eigenvalue weighted by atomic mass is 16.2. The predicted octanol–water partition coefficient (Wildman–Crippen LogP) is 3.06. The van der Waals surface area contributed by atoms with E-state index in [-0.39, 0.29) is 11.9 Å². The maximum Gasteiger partial charge on any atom is 0.253 e. The van der Waals surface area contributed by atoms with Crippen LogP contribution in [0.15, 0.2) is 36.5 Å². The van der Waals surface area contributed by atoms with Crippen LogP contribution in [0.25, 0.3) is 0 Å². The van der Waals surface area contributed by atoms with Gasteiger partial charge in [-0.3, -0.25) is 9.89 Å². The fourth-order valence-corrected chi connectivity index (χ4v) is 2.27. The van der Waals surface area contributed by atoms with E-state index >= 15 is 0 Å². The van der Waals surface area contributed by atoms with Crippen molar-refractivity contribution in [1.29, 1.82) is 0 Å². The van der Waals surface area contributed by atoms with Crippen molar-refractivity contribution in [3.63, 3.8) is 0 Å². The first-order valence-corrected chi connectivity index (χ1v) is 7.30. The summed E-state index contributed by atoms with van der Waals surface area (Å²) in [4.78, 5) is 14.2. The molecule has 1 atom stereocenters. The Hall–Kier alpha value is -2.30. The van der Waals surface area contributed by atoms with Crippen LogP contribution < -0.4 is 5.32 Å². The van der Waals surface area contributed by atoms with Crippen LogP contribution in [0.4, 0.5) is 5.69 Å². The van der Waals surface area contributed by atoms with Gasteiger partial charge in [0, 0.05) is 30.5 Å². The Bertz CT molecular complexity index is 576. The van der Waals surface area contributed by atoms with Gasteiger partial charge in [-0.1, -0.05) is 6.07 Å². The SMILES string of the molecule is CCN(CC)C(=O)c1cccc(NC(C)c2ccn[nH]2)c1. The molecule has 1 amide bonds. The van der Waals surface area contributed by atoms with Crippen LogP contribution in [0.2, 0.25) is 0 Å². The molecule has 21 heavy (non-hydrogen) atoms. The Morgan fingerprint density at radius 2 is 2.10 bits per heavy atom. The van der Waals surface area contributed by atoms with E-state index in [0.29, 0.717) is 5.56 Å². The Labute approximate surface area is 125 Å². The smallest absolute Gasteiger partial charge is 0.253 e. The van der Waals surface area contributed by atoms with Crippen LogP contribution in [0, 0.1) is 0 Å². The monoisotopic (exact) mass is 286 g/mol. The summed E-state index contributed by atoms with van der Waals surface area (Å²) in [6.45, 7) is 7.47. The number of benzene rings is 1. The molecule has 0 saturated heterocycles. The first kappa shape index (κ1) is 15.1. The molecule has 0 aliphatic rings. The summed E-state index contributed by atoms with van der Waals surface area (Å²) in [5, 5.41) is 10.3. The van der Waals surface area contributed by atoms with Gasteiger partial charge in [0.2, 0.25) is 0 Å². The lowest BCUT2D eigenvalue weighted by Crippen LogP contribution is -2.30. The van der Waals surface area contributed by atoms with Crippen molar-refractivity contribution in [3.8, 4) is 0 Å². The van der Waals surface area contributed by atoms with Gasteiger partial charge >= 0.3 is 0 Å². The van der Waals surface area contributed by atoms with Crippen molar-refractivity contribution in [2.75, 3.05) is 18.4 Å². The van der Waals surface area contributed by atoms with Crippen molar-refractivity contribution < 1.29 is 4.79 Å². The van der Waals surface area contributed by atoms with Crippen molar-refractivity contribution in [2.45, 2.75) is 26.8 Å². The van der Waals surface area contributed by atoms with Crippen LogP contribution >= 0.6 is 0 Å². The Balaban J connectivity index is 2.12. The summed E-state index contributed by atoms with van der Waals surface area (Å²) in [6.07, 6.45) is 1.73. The highest BCUT2D eigenvalue weighted by Crippen LogP contribution is 2.19. The summed E-state index contributed by atoms with van der Waals surface area (Å²) in [6, 6.07) is 9.65. The van der Waals surface area contributed by atoms with Gasteiger partial charge in [-0.25, -0.2) is 0 Å². The number of aromatic amines is 1. The van der Waals surface area contributed by atoms with Gasteiger partial charge < -0.3 is 10.2 Å². The molecule has 1 aromatic heterocycles. The average Bonchev–Trinajstić information content (AvgIpc) is 3.03. The third-order valence-corrected chi connectivity index (χ3v) is 3.53. The van der Waals surface area contributed by atoms with Gasteiger partial charge in [0.05, 0.1) is 11.7 Å². The largest absolute Gasteiger partial charge is 0.377 e. The third-order valence-electron chi connectivity index (χ3n) is 3.53. The Kier molecular flexibility index (Phi) is 4.98. The molecule has 2 rings (SSSR count). The first-order valence-electron chi connectivity index (χ1n) is 7.30. The predicted molar refractivity (Wildman–Crippen MR) is 84.3 cm³/mol. The van der Waals surface area contributed by atoms with Crippen LogP contribution in [0.3, 0.4) is 0 Å². The summed E-state index contributed by atoms with van der Waals surface area (Å²) in [5.41, 5.74) is 2.64. The van der Waals surface area contributed by atoms with Crippen molar-refractivity contribution in [2.24, 2.45) is 0 Å². The van der Waals surface area contributed by atoms with Crippen molar-refractivity contribution >= 4 is 11.6 Å². The number of nitrogens with one attached hydrogen (secondary N) is 2. The maximum atomic E-state index is 12.4. The van der Waals surface area contributed by atoms with Crippen LogP contribution in [-0.4, -0.2) is 34.1 Å². The number of anilines is 1. The minimum Gasteiger partial charge on any atom is -0.377 e. The van der Waals surface area contributed by atoms with Gasteiger partial charge in [0.15, 0.2) is 0 Å². The minimum absolute atomic E-state index is 0.0674. The lowest BCUT2D eigenvalue weighted by atomic mass is 10.1. The number of carbonyl (C=O) groups excluding carboxylic acids is 1. The zero-order chi connectivity index (χ0) is 15.2. The highest BCUT2D eigenvalue weighted by molar-refractivity contribution is 5.95. The lowest BCUT2D eigenvalue weighted by Gasteiger charge is -2.19. The second kappa shape index (κ2) is 6.92.